The largest absolute Gasteiger partial charge is 0.465 e. The summed E-state index contributed by atoms with van der Waals surface area (Å²) in [6.45, 7) is 2.04. The number of anilines is 1. The van der Waals surface area contributed by atoms with Crippen molar-refractivity contribution in [2.45, 2.75) is 50.6 Å². The van der Waals surface area contributed by atoms with Crippen LogP contribution in [-0.4, -0.2) is 39.5 Å². The molecule has 0 radical (unpaired) electrons. The molecule has 0 fully saturated rings. The highest BCUT2D eigenvalue weighted by molar-refractivity contribution is 7.99. The van der Waals surface area contributed by atoms with Crippen molar-refractivity contribution in [1.29, 1.82) is 0 Å². The molecule has 0 saturated carbocycles. The van der Waals surface area contributed by atoms with Gasteiger partial charge in [-0.15, -0.1) is 21.5 Å². The molecule has 0 unspecified atom stereocenters. The second-order valence-electron chi connectivity index (χ2n) is 8.13. The normalized spacial score (nSPS) is 13.7. The van der Waals surface area contributed by atoms with Crippen LogP contribution in [0.25, 0.3) is 11.4 Å². The Bertz CT molecular complexity index is 1170. The number of benzene rings is 1. The molecule has 2 aromatic heterocycles. The number of nitrogens with zero attached hydrogens (tertiary/aromatic N) is 3. The fraction of sp³-hybridized carbons (Fsp3) is 0.417. The average Bonchev–Trinajstić information content (AvgIpc) is 3.31. The van der Waals surface area contributed by atoms with Crippen LogP contribution in [0.15, 0.2) is 29.4 Å². The minimum absolute atomic E-state index is 0.170. The number of carbonyl (C=O) groups is 2. The van der Waals surface area contributed by atoms with Crippen molar-refractivity contribution in [2.24, 2.45) is 7.05 Å². The summed E-state index contributed by atoms with van der Waals surface area (Å²) in [5.41, 5.74) is 3.71. The summed E-state index contributed by atoms with van der Waals surface area (Å²) in [4.78, 5) is 26.5. The zero-order chi connectivity index (χ0) is 23.4. The molecule has 9 heteroatoms. The van der Waals surface area contributed by atoms with Crippen LogP contribution in [0.2, 0.25) is 0 Å². The number of methoxy groups -OCH3 is 1. The lowest BCUT2D eigenvalue weighted by Gasteiger charge is -2.11. The molecular weight excluding hydrogens is 456 g/mol. The number of fused-ring (bicyclic) bond motifs is 1. The number of thiophene rings is 1. The molecule has 2 heterocycles. The summed E-state index contributed by atoms with van der Waals surface area (Å²) in [7, 11) is 3.29. The van der Waals surface area contributed by atoms with E-state index in [4.69, 9.17) is 4.74 Å². The topological polar surface area (TPSA) is 86.1 Å². The van der Waals surface area contributed by atoms with Crippen molar-refractivity contribution >= 4 is 40.0 Å². The number of hydrogen-bond acceptors (Lipinski definition) is 7. The maximum atomic E-state index is 12.8. The van der Waals surface area contributed by atoms with Crippen LogP contribution < -0.4 is 5.32 Å². The minimum Gasteiger partial charge on any atom is -0.465 e. The van der Waals surface area contributed by atoms with Gasteiger partial charge in [0.15, 0.2) is 11.0 Å². The molecular formula is C24H28N4O3S2. The van der Waals surface area contributed by atoms with E-state index in [1.54, 1.807) is 0 Å². The zero-order valence-electron chi connectivity index (χ0n) is 19.1. The molecule has 3 aromatic rings. The number of hydrogen-bond donors (Lipinski definition) is 1. The van der Waals surface area contributed by atoms with E-state index in [1.165, 1.54) is 41.5 Å². The Morgan fingerprint density at radius 3 is 2.67 bits per heavy atom. The molecule has 0 saturated heterocycles. The van der Waals surface area contributed by atoms with Gasteiger partial charge in [0.25, 0.3) is 0 Å². The van der Waals surface area contributed by atoms with Crippen molar-refractivity contribution in [3.63, 3.8) is 0 Å². The Morgan fingerprint density at radius 2 is 1.91 bits per heavy atom. The third-order valence-electron chi connectivity index (χ3n) is 5.87. The zero-order valence-corrected chi connectivity index (χ0v) is 20.8. The van der Waals surface area contributed by atoms with Crippen molar-refractivity contribution < 1.29 is 14.3 Å². The number of aryl methyl sites for hydroxylation is 2. The van der Waals surface area contributed by atoms with Gasteiger partial charge in [0.05, 0.1) is 18.4 Å². The number of carbonyl (C=O) groups excluding carboxylic acids is 2. The highest BCUT2D eigenvalue weighted by Crippen LogP contribution is 2.37. The quantitative estimate of drug-likeness (QED) is 0.390. The number of rotatable bonds is 6. The Morgan fingerprint density at radius 1 is 1.15 bits per heavy atom. The van der Waals surface area contributed by atoms with Gasteiger partial charge in [-0.3, -0.25) is 4.79 Å². The summed E-state index contributed by atoms with van der Waals surface area (Å²) < 4.78 is 6.94. The molecule has 1 aliphatic rings. The van der Waals surface area contributed by atoms with Gasteiger partial charge >= 0.3 is 5.97 Å². The van der Waals surface area contributed by atoms with Gasteiger partial charge < -0.3 is 14.6 Å². The minimum atomic E-state index is -0.382. The number of aromatic nitrogens is 3. The smallest absolute Gasteiger partial charge is 0.341 e. The molecule has 4 rings (SSSR count). The SMILES string of the molecule is COC(=O)c1c(NC(=O)CSc2nnc(-c3ccccc3C)n2C)sc2c1CCCCCC2. The highest BCUT2D eigenvalue weighted by Gasteiger charge is 2.26. The molecule has 0 aliphatic heterocycles. The first kappa shape index (κ1) is 23.5. The molecule has 174 valence electrons. The van der Waals surface area contributed by atoms with Crippen LogP contribution in [0.3, 0.4) is 0 Å². The Balaban J connectivity index is 1.48. The maximum absolute atomic E-state index is 12.8. The van der Waals surface area contributed by atoms with Crippen molar-refractivity contribution in [1.82, 2.24) is 14.8 Å². The number of nitrogens with one attached hydrogen (secondary N) is 1. The maximum Gasteiger partial charge on any atom is 0.341 e. The number of ether oxygens (including phenoxy) is 1. The van der Waals surface area contributed by atoms with Gasteiger partial charge in [0, 0.05) is 17.5 Å². The van der Waals surface area contributed by atoms with Crippen LogP contribution in [0, 0.1) is 6.92 Å². The van der Waals surface area contributed by atoms with Gasteiger partial charge in [-0.25, -0.2) is 4.79 Å². The number of amides is 1. The third-order valence-corrected chi connectivity index (χ3v) is 8.09. The summed E-state index contributed by atoms with van der Waals surface area (Å²) in [6, 6.07) is 8.01. The van der Waals surface area contributed by atoms with E-state index in [9.17, 15) is 9.59 Å². The molecule has 0 atom stereocenters. The Labute approximate surface area is 201 Å². The van der Waals surface area contributed by atoms with Crippen molar-refractivity contribution in [2.75, 3.05) is 18.2 Å². The van der Waals surface area contributed by atoms with E-state index in [-0.39, 0.29) is 17.6 Å². The molecule has 1 aromatic carbocycles. The van der Waals surface area contributed by atoms with Gasteiger partial charge in [-0.05, 0) is 43.7 Å². The van der Waals surface area contributed by atoms with E-state index in [0.717, 1.165) is 54.6 Å². The van der Waals surface area contributed by atoms with Gasteiger partial charge in [-0.1, -0.05) is 48.9 Å². The summed E-state index contributed by atoms with van der Waals surface area (Å²) in [6.07, 6.45) is 6.30. The van der Waals surface area contributed by atoms with E-state index >= 15 is 0 Å². The second kappa shape index (κ2) is 10.5. The standard InChI is InChI=1S/C24H28N4O3S2/c1-15-10-8-9-11-16(15)21-26-27-24(28(21)2)32-14-19(29)25-22-20(23(30)31-3)17-12-6-4-5-7-13-18(17)33-22/h8-11H,4-7,12-14H2,1-3H3,(H,25,29). The lowest BCUT2D eigenvalue weighted by molar-refractivity contribution is -0.113. The van der Waals surface area contributed by atoms with Crippen LogP contribution in [0.1, 0.15) is 52.0 Å². The van der Waals surface area contributed by atoms with E-state index < -0.39 is 0 Å². The number of esters is 1. The lowest BCUT2D eigenvalue weighted by atomic mass is 9.96. The van der Waals surface area contributed by atoms with Crippen LogP contribution >= 0.6 is 23.1 Å². The first-order chi connectivity index (χ1) is 16.0. The third kappa shape index (κ3) is 5.14. The van der Waals surface area contributed by atoms with Crippen LogP contribution in [-0.2, 0) is 29.4 Å². The number of thioether (sulfide) groups is 1. The van der Waals surface area contributed by atoms with Crippen LogP contribution in [0.4, 0.5) is 5.00 Å². The van der Waals surface area contributed by atoms with Gasteiger partial charge in [0.1, 0.15) is 5.00 Å². The molecule has 1 amide bonds. The molecule has 33 heavy (non-hydrogen) atoms. The summed E-state index contributed by atoms with van der Waals surface area (Å²) in [5, 5.41) is 12.8. The van der Waals surface area contributed by atoms with E-state index in [2.05, 4.69) is 15.5 Å². The summed E-state index contributed by atoms with van der Waals surface area (Å²) >= 11 is 2.83. The van der Waals surface area contributed by atoms with Crippen molar-refractivity contribution in [3.8, 4) is 11.4 Å². The molecule has 0 spiro atoms. The predicted octanol–water partition coefficient (Wildman–Crippen LogP) is 5.03. The molecule has 0 bridgehead atoms. The molecule has 1 N–H and O–H groups in total. The fourth-order valence-corrected chi connectivity index (χ4v) is 6.12. The first-order valence-corrected chi connectivity index (χ1v) is 12.9. The first-order valence-electron chi connectivity index (χ1n) is 11.1. The molecule has 7 nitrogen and oxygen atoms in total. The fourth-order valence-electron chi connectivity index (χ4n) is 4.12. The lowest BCUT2D eigenvalue weighted by Crippen LogP contribution is -2.16. The summed E-state index contributed by atoms with van der Waals surface area (Å²) in [5.74, 6) is 0.372. The van der Waals surface area contributed by atoms with E-state index in [1.807, 2.05) is 42.8 Å². The Hall–Kier alpha value is -2.65. The second-order valence-corrected chi connectivity index (χ2v) is 10.2. The average molecular weight is 485 g/mol. The Kier molecular flexibility index (Phi) is 7.49. The monoisotopic (exact) mass is 484 g/mol. The highest BCUT2D eigenvalue weighted by atomic mass is 32.2. The van der Waals surface area contributed by atoms with Crippen molar-refractivity contribution in [3.05, 3.63) is 45.8 Å². The van der Waals surface area contributed by atoms with Crippen LogP contribution in [0.5, 0.6) is 0 Å². The van der Waals surface area contributed by atoms with Gasteiger partial charge in [0.2, 0.25) is 5.91 Å². The molecule has 1 aliphatic carbocycles. The predicted molar refractivity (Wildman–Crippen MR) is 132 cm³/mol. The van der Waals surface area contributed by atoms with Gasteiger partial charge in [-0.2, -0.15) is 0 Å². The van der Waals surface area contributed by atoms with E-state index in [0.29, 0.717) is 15.7 Å².